The Balaban J connectivity index is 1.64. The van der Waals surface area contributed by atoms with Gasteiger partial charge >= 0.3 is 0 Å². The van der Waals surface area contributed by atoms with Gasteiger partial charge in [-0.05, 0) is 56.7 Å². The van der Waals surface area contributed by atoms with Gasteiger partial charge in [0.15, 0.2) is 6.61 Å². The summed E-state index contributed by atoms with van der Waals surface area (Å²) in [5.41, 5.74) is 7.83. The highest BCUT2D eigenvalue weighted by molar-refractivity contribution is 6.35. The number of halogens is 2. The number of carbonyl (C=O) groups excluding carboxylic acids is 1. The highest BCUT2D eigenvalue weighted by Crippen LogP contribution is 2.27. The molecule has 1 N–H and O–H groups in total. The third-order valence-electron chi connectivity index (χ3n) is 4.47. The van der Waals surface area contributed by atoms with Crippen LogP contribution in [-0.4, -0.2) is 23.3 Å². The molecular formula is C22H21Cl2N3O2. The molecule has 7 heteroatoms. The van der Waals surface area contributed by atoms with Crippen LogP contribution >= 0.6 is 23.2 Å². The Kier molecular flexibility index (Phi) is 6.62. The lowest BCUT2D eigenvalue weighted by molar-refractivity contribution is -0.123. The van der Waals surface area contributed by atoms with Gasteiger partial charge in [-0.1, -0.05) is 41.4 Å². The number of hydrazone groups is 1. The van der Waals surface area contributed by atoms with Gasteiger partial charge in [-0.3, -0.25) is 4.79 Å². The maximum Gasteiger partial charge on any atom is 0.277 e. The molecule has 0 bridgehead atoms. The number of benzene rings is 2. The highest BCUT2D eigenvalue weighted by Gasteiger charge is 2.11. The molecule has 0 aliphatic heterocycles. The standard InChI is InChI=1S/C22H21Cl2N3O2/c1-14-6-4-5-7-20(14)27-15(2)10-17(16(27)3)12-25-26-22(28)13-29-21-9-8-18(23)11-19(21)24/h4-12H,13H2,1-3H3,(H,26,28)/b25-12-. The first-order valence-electron chi connectivity index (χ1n) is 9.01. The van der Waals surface area contributed by atoms with E-state index in [1.54, 1.807) is 24.4 Å². The first-order chi connectivity index (χ1) is 13.9. The van der Waals surface area contributed by atoms with Crippen LogP contribution < -0.4 is 10.2 Å². The van der Waals surface area contributed by atoms with Gasteiger partial charge in [0.2, 0.25) is 0 Å². The molecule has 1 heterocycles. The van der Waals surface area contributed by atoms with Gasteiger partial charge in [0.25, 0.3) is 5.91 Å². The van der Waals surface area contributed by atoms with Crippen molar-refractivity contribution in [3.63, 3.8) is 0 Å². The van der Waals surface area contributed by atoms with E-state index in [2.05, 4.69) is 34.2 Å². The second-order valence-electron chi connectivity index (χ2n) is 6.60. The summed E-state index contributed by atoms with van der Waals surface area (Å²) in [5, 5.41) is 4.89. The van der Waals surface area contributed by atoms with Crippen LogP contribution in [0.4, 0.5) is 0 Å². The minimum atomic E-state index is -0.389. The number of aryl methyl sites for hydroxylation is 2. The van der Waals surface area contributed by atoms with Crippen molar-refractivity contribution in [2.75, 3.05) is 6.61 Å². The molecule has 0 aliphatic rings. The summed E-state index contributed by atoms with van der Waals surface area (Å²) in [7, 11) is 0. The van der Waals surface area contributed by atoms with Gasteiger partial charge in [-0.2, -0.15) is 5.10 Å². The smallest absolute Gasteiger partial charge is 0.277 e. The van der Waals surface area contributed by atoms with Crippen LogP contribution in [-0.2, 0) is 4.79 Å². The van der Waals surface area contributed by atoms with Crippen molar-refractivity contribution in [1.82, 2.24) is 9.99 Å². The number of ether oxygens (including phenoxy) is 1. The van der Waals surface area contributed by atoms with Crippen LogP contribution in [0.2, 0.25) is 10.0 Å². The topological polar surface area (TPSA) is 55.6 Å². The molecule has 0 radical (unpaired) electrons. The Labute approximate surface area is 179 Å². The number of amides is 1. The number of hydrogen-bond donors (Lipinski definition) is 1. The summed E-state index contributed by atoms with van der Waals surface area (Å²) in [6, 6.07) is 15.0. The second-order valence-corrected chi connectivity index (χ2v) is 7.45. The van der Waals surface area contributed by atoms with Crippen LogP contribution in [0.1, 0.15) is 22.5 Å². The Morgan fingerprint density at radius 3 is 2.62 bits per heavy atom. The lowest BCUT2D eigenvalue weighted by Crippen LogP contribution is -2.24. The van der Waals surface area contributed by atoms with Crippen LogP contribution in [0, 0.1) is 20.8 Å². The van der Waals surface area contributed by atoms with Crippen LogP contribution in [0.25, 0.3) is 5.69 Å². The minimum absolute atomic E-state index is 0.207. The van der Waals surface area contributed by atoms with E-state index in [1.807, 2.05) is 32.0 Å². The Hall–Kier alpha value is -2.76. The fraction of sp³-hybridized carbons (Fsp3) is 0.182. The molecule has 0 unspecified atom stereocenters. The molecule has 2 aromatic carbocycles. The molecule has 3 rings (SSSR count). The number of rotatable bonds is 6. The summed E-state index contributed by atoms with van der Waals surface area (Å²) in [6.45, 7) is 5.93. The highest BCUT2D eigenvalue weighted by atomic mass is 35.5. The molecule has 0 fully saturated rings. The Morgan fingerprint density at radius 1 is 1.14 bits per heavy atom. The van der Waals surface area contributed by atoms with Gasteiger partial charge < -0.3 is 9.30 Å². The quantitative estimate of drug-likeness (QED) is 0.430. The Bertz CT molecular complexity index is 1070. The molecular weight excluding hydrogens is 409 g/mol. The number of aromatic nitrogens is 1. The fourth-order valence-electron chi connectivity index (χ4n) is 3.04. The van der Waals surface area contributed by atoms with Crippen molar-refractivity contribution in [2.45, 2.75) is 20.8 Å². The molecule has 0 aliphatic carbocycles. The number of hydrogen-bond acceptors (Lipinski definition) is 3. The predicted molar refractivity (Wildman–Crippen MR) is 118 cm³/mol. The third kappa shape index (κ3) is 5.00. The SMILES string of the molecule is Cc1ccccc1-n1c(C)cc(/C=N\NC(=O)COc2ccc(Cl)cc2Cl)c1C. The largest absolute Gasteiger partial charge is 0.482 e. The minimum Gasteiger partial charge on any atom is -0.482 e. The van der Waals surface area contributed by atoms with Crippen molar-refractivity contribution in [3.8, 4) is 11.4 Å². The van der Waals surface area contributed by atoms with Gasteiger partial charge in [-0.15, -0.1) is 0 Å². The zero-order chi connectivity index (χ0) is 21.0. The first kappa shape index (κ1) is 21.0. The third-order valence-corrected chi connectivity index (χ3v) is 5.00. The van der Waals surface area contributed by atoms with Crippen LogP contribution in [0.15, 0.2) is 53.6 Å². The van der Waals surface area contributed by atoms with E-state index in [9.17, 15) is 4.79 Å². The van der Waals surface area contributed by atoms with Gasteiger partial charge in [0.05, 0.1) is 11.2 Å². The molecule has 1 aromatic heterocycles. The zero-order valence-corrected chi connectivity index (χ0v) is 17.9. The van der Waals surface area contributed by atoms with Crippen LogP contribution in [0.3, 0.4) is 0 Å². The summed E-state index contributed by atoms with van der Waals surface area (Å²) in [6.07, 6.45) is 1.63. The monoisotopic (exact) mass is 429 g/mol. The lowest BCUT2D eigenvalue weighted by Gasteiger charge is -2.12. The van der Waals surface area contributed by atoms with E-state index in [0.717, 1.165) is 22.6 Å². The normalized spacial score (nSPS) is 11.1. The van der Waals surface area contributed by atoms with E-state index >= 15 is 0 Å². The summed E-state index contributed by atoms with van der Waals surface area (Å²) in [5.74, 6) is -0.00282. The van der Waals surface area contributed by atoms with Crippen LogP contribution in [0.5, 0.6) is 5.75 Å². The predicted octanol–water partition coefficient (Wildman–Crippen LogP) is 5.24. The first-order valence-corrected chi connectivity index (χ1v) is 9.77. The number of carbonyl (C=O) groups is 1. The lowest BCUT2D eigenvalue weighted by atomic mass is 10.2. The average Bonchev–Trinajstić information content (AvgIpc) is 2.95. The van der Waals surface area contributed by atoms with E-state index in [0.29, 0.717) is 15.8 Å². The van der Waals surface area contributed by atoms with Crippen molar-refractivity contribution < 1.29 is 9.53 Å². The van der Waals surface area contributed by atoms with Crippen molar-refractivity contribution in [2.24, 2.45) is 5.10 Å². The summed E-state index contributed by atoms with van der Waals surface area (Å²) >= 11 is 11.9. The maximum absolute atomic E-state index is 12.0. The van der Waals surface area contributed by atoms with Crippen molar-refractivity contribution in [1.29, 1.82) is 0 Å². The summed E-state index contributed by atoms with van der Waals surface area (Å²) < 4.78 is 7.56. The zero-order valence-electron chi connectivity index (χ0n) is 16.4. The van der Waals surface area contributed by atoms with Crippen molar-refractivity contribution >= 4 is 35.3 Å². The molecule has 150 valence electrons. The summed E-state index contributed by atoms with van der Waals surface area (Å²) in [4.78, 5) is 12.0. The van der Waals surface area contributed by atoms with Gasteiger partial charge in [0, 0.05) is 27.7 Å². The van der Waals surface area contributed by atoms with Crippen molar-refractivity contribution in [3.05, 3.63) is 81.1 Å². The molecule has 5 nitrogen and oxygen atoms in total. The van der Waals surface area contributed by atoms with E-state index < -0.39 is 0 Å². The number of nitrogens with zero attached hydrogens (tertiary/aromatic N) is 2. The van der Waals surface area contributed by atoms with E-state index in [4.69, 9.17) is 27.9 Å². The number of nitrogens with one attached hydrogen (secondary N) is 1. The molecule has 1 amide bonds. The molecule has 0 atom stereocenters. The second kappa shape index (κ2) is 9.16. The molecule has 0 saturated carbocycles. The molecule has 3 aromatic rings. The van der Waals surface area contributed by atoms with E-state index in [1.165, 1.54) is 5.56 Å². The molecule has 29 heavy (non-hydrogen) atoms. The number of para-hydroxylation sites is 1. The van der Waals surface area contributed by atoms with Gasteiger partial charge in [0.1, 0.15) is 5.75 Å². The average molecular weight is 430 g/mol. The molecule has 0 spiro atoms. The fourth-order valence-corrected chi connectivity index (χ4v) is 3.51. The van der Waals surface area contributed by atoms with E-state index in [-0.39, 0.29) is 12.5 Å². The van der Waals surface area contributed by atoms with Gasteiger partial charge in [-0.25, -0.2) is 5.43 Å². The maximum atomic E-state index is 12.0. The molecule has 0 saturated heterocycles. The Morgan fingerprint density at radius 2 is 1.90 bits per heavy atom.